The molecule has 0 radical (unpaired) electrons. The molecule has 0 spiro atoms. The van der Waals surface area contributed by atoms with Crippen molar-refractivity contribution < 1.29 is 13.5 Å². The van der Waals surface area contributed by atoms with Crippen LogP contribution in [-0.4, -0.2) is 6.11 Å². The summed E-state index contributed by atoms with van der Waals surface area (Å²) in [7, 11) is 0. The van der Waals surface area contributed by atoms with Crippen LogP contribution in [0.15, 0.2) is 24.3 Å². The molecule has 1 aromatic carbocycles. The standard InChI is InChI=1S/C12H16F2O/c1-9(2)8-10-4-6-11(7-5-10)15-12(3,13)14/h4-7,9H,8H2,1-3H3. The topological polar surface area (TPSA) is 9.23 Å². The third-order valence-corrected chi connectivity index (χ3v) is 1.86. The lowest BCUT2D eigenvalue weighted by atomic mass is 10.0. The van der Waals surface area contributed by atoms with Crippen LogP contribution in [0.25, 0.3) is 0 Å². The minimum Gasteiger partial charge on any atom is -0.433 e. The van der Waals surface area contributed by atoms with Crippen molar-refractivity contribution >= 4 is 0 Å². The van der Waals surface area contributed by atoms with Crippen LogP contribution < -0.4 is 4.74 Å². The van der Waals surface area contributed by atoms with Crippen molar-refractivity contribution in [3.63, 3.8) is 0 Å². The highest BCUT2D eigenvalue weighted by Crippen LogP contribution is 2.21. The molecule has 0 atom stereocenters. The van der Waals surface area contributed by atoms with E-state index in [1.165, 1.54) is 0 Å². The first-order chi connectivity index (χ1) is 6.87. The van der Waals surface area contributed by atoms with Gasteiger partial charge >= 0.3 is 6.11 Å². The van der Waals surface area contributed by atoms with E-state index in [9.17, 15) is 8.78 Å². The summed E-state index contributed by atoms with van der Waals surface area (Å²) in [6.07, 6.45) is -2.16. The maximum Gasteiger partial charge on any atom is 0.394 e. The fraction of sp³-hybridized carbons (Fsp3) is 0.500. The Balaban J connectivity index is 2.64. The molecule has 0 unspecified atom stereocenters. The van der Waals surface area contributed by atoms with Crippen LogP contribution >= 0.6 is 0 Å². The van der Waals surface area contributed by atoms with E-state index in [0.717, 1.165) is 18.9 Å². The van der Waals surface area contributed by atoms with Crippen LogP contribution in [0, 0.1) is 5.92 Å². The number of rotatable bonds is 4. The molecule has 0 saturated heterocycles. The van der Waals surface area contributed by atoms with Crippen LogP contribution in [0.3, 0.4) is 0 Å². The Morgan fingerprint density at radius 2 is 1.73 bits per heavy atom. The van der Waals surface area contributed by atoms with E-state index in [0.29, 0.717) is 5.92 Å². The molecule has 0 aliphatic carbocycles. The average molecular weight is 214 g/mol. The first-order valence-corrected chi connectivity index (χ1v) is 5.02. The molecule has 0 N–H and O–H groups in total. The second kappa shape index (κ2) is 4.60. The Hall–Kier alpha value is -1.12. The third-order valence-electron chi connectivity index (χ3n) is 1.86. The summed E-state index contributed by atoms with van der Waals surface area (Å²) >= 11 is 0. The van der Waals surface area contributed by atoms with Gasteiger partial charge in [0.05, 0.1) is 0 Å². The SMILES string of the molecule is CC(C)Cc1ccc(OC(C)(F)F)cc1. The highest BCUT2D eigenvalue weighted by molar-refractivity contribution is 5.27. The van der Waals surface area contributed by atoms with Crippen molar-refractivity contribution in [2.24, 2.45) is 5.92 Å². The van der Waals surface area contributed by atoms with Crippen molar-refractivity contribution in [1.82, 2.24) is 0 Å². The maximum atomic E-state index is 12.5. The van der Waals surface area contributed by atoms with Gasteiger partial charge in [0, 0.05) is 6.92 Å². The summed E-state index contributed by atoms with van der Waals surface area (Å²) < 4.78 is 29.4. The highest BCUT2D eigenvalue weighted by Gasteiger charge is 2.22. The second-order valence-corrected chi connectivity index (χ2v) is 4.15. The molecule has 1 nitrogen and oxygen atoms in total. The van der Waals surface area contributed by atoms with Crippen molar-refractivity contribution in [3.05, 3.63) is 29.8 Å². The molecular formula is C12H16F2O. The summed E-state index contributed by atoms with van der Waals surface area (Å²) in [5, 5.41) is 0. The van der Waals surface area contributed by atoms with E-state index in [-0.39, 0.29) is 5.75 Å². The number of benzene rings is 1. The second-order valence-electron chi connectivity index (χ2n) is 4.15. The Labute approximate surface area is 89.1 Å². The van der Waals surface area contributed by atoms with E-state index in [1.54, 1.807) is 12.1 Å². The van der Waals surface area contributed by atoms with Gasteiger partial charge in [-0.3, -0.25) is 0 Å². The molecule has 0 aliphatic rings. The predicted octanol–water partition coefficient (Wildman–Crippen LogP) is 3.88. The van der Waals surface area contributed by atoms with Crippen LogP contribution in [-0.2, 0) is 6.42 Å². The molecule has 0 bridgehead atoms. The van der Waals surface area contributed by atoms with Gasteiger partial charge in [-0.05, 0) is 30.0 Å². The zero-order chi connectivity index (χ0) is 11.5. The number of hydrogen-bond acceptors (Lipinski definition) is 1. The molecule has 15 heavy (non-hydrogen) atoms. The third kappa shape index (κ3) is 4.77. The van der Waals surface area contributed by atoms with Gasteiger partial charge in [0.1, 0.15) is 5.75 Å². The summed E-state index contributed by atoms with van der Waals surface area (Å²) in [5.74, 6) is 0.763. The van der Waals surface area contributed by atoms with Gasteiger partial charge in [0.15, 0.2) is 0 Å². The van der Waals surface area contributed by atoms with Crippen LogP contribution in [0.2, 0.25) is 0 Å². The lowest BCUT2D eigenvalue weighted by Gasteiger charge is -2.13. The van der Waals surface area contributed by atoms with Gasteiger partial charge in [-0.15, -0.1) is 0 Å². The molecule has 0 aromatic heterocycles. The number of ether oxygens (including phenoxy) is 1. The normalized spacial score (nSPS) is 11.9. The first kappa shape index (κ1) is 12.0. The van der Waals surface area contributed by atoms with Crippen molar-refractivity contribution in [3.8, 4) is 5.75 Å². The molecule has 84 valence electrons. The van der Waals surface area contributed by atoms with Gasteiger partial charge in [-0.25, -0.2) is 0 Å². The quantitative estimate of drug-likeness (QED) is 0.739. The lowest BCUT2D eigenvalue weighted by molar-refractivity contribution is -0.158. The van der Waals surface area contributed by atoms with Crippen LogP contribution in [0.1, 0.15) is 26.3 Å². The molecule has 1 aromatic rings. The van der Waals surface area contributed by atoms with Crippen molar-refractivity contribution in [2.45, 2.75) is 33.3 Å². The summed E-state index contributed by atoms with van der Waals surface area (Å²) in [6, 6.07) is 6.80. The number of halogens is 2. The fourth-order valence-electron chi connectivity index (χ4n) is 1.37. The summed E-state index contributed by atoms with van der Waals surface area (Å²) in [5.41, 5.74) is 1.14. The number of hydrogen-bond donors (Lipinski definition) is 0. The van der Waals surface area contributed by atoms with Gasteiger partial charge in [-0.2, -0.15) is 8.78 Å². The smallest absolute Gasteiger partial charge is 0.394 e. The first-order valence-electron chi connectivity index (χ1n) is 5.02. The molecular weight excluding hydrogens is 198 g/mol. The Kier molecular flexibility index (Phi) is 3.66. The Morgan fingerprint density at radius 1 is 1.20 bits per heavy atom. The summed E-state index contributed by atoms with van der Waals surface area (Å²) in [4.78, 5) is 0. The molecule has 0 aliphatic heterocycles. The van der Waals surface area contributed by atoms with Gasteiger partial charge in [-0.1, -0.05) is 26.0 Å². The monoisotopic (exact) mass is 214 g/mol. The molecule has 1 rings (SSSR count). The zero-order valence-corrected chi connectivity index (χ0v) is 9.26. The largest absolute Gasteiger partial charge is 0.433 e. The van der Waals surface area contributed by atoms with Gasteiger partial charge < -0.3 is 4.74 Å². The van der Waals surface area contributed by atoms with E-state index < -0.39 is 6.11 Å². The van der Waals surface area contributed by atoms with Crippen molar-refractivity contribution in [1.29, 1.82) is 0 Å². The van der Waals surface area contributed by atoms with Crippen molar-refractivity contribution in [2.75, 3.05) is 0 Å². The van der Waals surface area contributed by atoms with Gasteiger partial charge in [0.25, 0.3) is 0 Å². The predicted molar refractivity (Wildman–Crippen MR) is 56.2 cm³/mol. The molecule has 0 heterocycles. The Morgan fingerprint density at radius 3 is 2.13 bits per heavy atom. The van der Waals surface area contributed by atoms with Gasteiger partial charge in [0.2, 0.25) is 0 Å². The molecule has 0 amide bonds. The zero-order valence-electron chi connectivity index (χ0n) is 9.26. The molecule has 3 heteroatoms. The van der Waals surface area contributed by atoms with E-state index in [1.807, 2.05) is 12.1 Å². The highest BCUT2D eigenvalue weighted by atomic mass is 19.3. The lowest BCUT2D eigenvalue weighted by Crippen LogP contribution is -2.18. The fourth-order valence-corrected chi connectivity index (χ4v) is 1.37. The Bertz CT molecular complexity index is 298. The van der Waals surface area contributed by atoms with E-state index in [2.05, 4.69) is 18.6 Å². The molecule has 0 fully saturated rings. The van der Waals surface area contributed by atoms with E-state index in [4.69, 9.17) is 0 Å². The summed E-state index contributed by atoms with van der Waals surface area (Å²) in [6.45, 7) is 4.96. The average Bonchev–Trinajstić information content (AvgIpc) is 2.05. The minimum atomic E-state index is -3.11. The van der Waals surface area contributed by atoms with Crippen LogP contribution in [0.5, 0.6) is 5.75 Å². The van der Waals surface area contributed by atoms with E-state index >= 15 is 0 Å². The van der Waals surface area contributed by atoms with Crippen LogP contribution in [0.4, 0.5) is 8.78 Å². The number of alkyl halides is 2. The molecule has 0 saturated carbocycles. The minimum absolute atomic E-state index is 0.204. The maximum absolute atomic E-state index is 12.5.